The van der Waals surface area contributed by atoms with Gasteiger partial charge in [-0.2, -0.15) is 0 Å². The quantitative estimate of drug-likeness (QED) is 0.470. The van der Waals surface area contributed by atoms with Gasteiger partial charge in [0.15, 0.2) is 0 Å². The summed E-state index contributed by atoms with van der Waals surface area (Å²) in [6, 6.07) is 11.2. The fourth-order valence-electron chi connectivity index (χ4n) is 2.84. The van der Waals surface area contributed by atoms with Crippen molar-refractivity contribution in [1.29, 1.82) is 0 Å². The van der Waals surface area contributed by atoms with Gasteiger partial charge in [0, 0.05) is 11.1 Å². The van der Waals surface area contributed by atoms with Crippen LogP contribution in [-0.2, 0) is 38.7 Å². The molecule has 0 unspecified atom stereocenters. The van der Waals surface area contributed by atoms with Gasteiger partial charge in [-0.15, -0.1) is 0 Å². The number of aryl methyl sites for hydroxylation is 4. The molecular weight excluding hydrogens is 541 g/mol. The van der Waals surface area contributed by atoms with Crippen LogP contribution in [-0.4, -0.2) is 11.8 Å². The maximum Gasteiger partial charge on any atom is 4.00 e. The van der Waals surface area contributed by atoms with E-state index in [1.165, 1.54) is 0 Å². The molecule has 0 radical (unpaired) electrons. The minimum atomic E-state index is -0.580. The van der Waals surface area contributed by atoms with Crippen LogP contribution in [0.1, 0.15) is 69.7 Å². The van der Waals surface area contributed by atoms with Crippen LogP contribution in [0.25, 0.3) is 11.5 Å². The molecular formula is C22H28F2HfN2O2. The molecule has 0 aliphatic rings. The Balaban J connectivity index is -0.000000422. The number of hydrogen-bond donors (Lipinski definition) is 0. The Bertz CT molecular complexity index is 718. The third-order valence-electron chi connectivity index (χ3n) is 4.05. The van der Waals surface area contributed by atoms with E-state index in [1.54, 1.807) is 12.1 Å². The first-order valence-corrected chi connectivity index (χ1v) is 9.01. The summed E-state index contributed by atoms with van der Waals surface area (Å²) in [7, 11) is 0. The Morgan fingerprint density at radius 3 is 1.28 bits per heavy atom. The van der Waals surface area contributed by atoms with E-state index >= 15 is 0 Å². The second-order valence-corrected chi connectivity index (χ2v) is 6.48. The van der Waals surface area contributed by atoms with Crippen LogP contribution in [0.5, 0.6) is 0 Å². The summed E-state index contributed by atoms with van der Waals surface area (Å²) in [5, 5.41) is 0. The molecule has 0 saturated heterocycles. The predicted molar refractivity (Wildman–Crippen MR) is 108 cm³/mol. The summed E-state index contributed by atoms with van der Waals surface area (Å²) in [5.41, 5.74) is 19.5. The first kappa shape index (κ1) is 31.8. The zero-order valence-electron chi connectivity index (χ0n) is 17.4. The summed E-state index contributed by atoms with van der Waals surface area (Å²) in [6.45, 7) is 8.13. The molecule has 0 aromatic heterocycles. The second-order valence-electron chi connectivity index (χ2n) is 6.48. The molecule has 0 spiro atoms. The van der Waals surface area contributed by atoms with Crippen LogP contribution in [0, 0.1) is 13.8 Å². The van der Waals surface area contributed by atoms with Crippen molar-refractivity contribution in [1.82, 2.24) is 0 Å². The molecule has 0 heterocycles. The van der Waals surface area contributed by atoms with Gasteiger partial charge < -0.3 is 30.5 Å². The normalized spacial score (nSPS) is 8.97. The van der Waals surface area contributed by atoms with Crippen molar-refractivity contribution < 1.29 is 44.8 Å². The number of carbonyl (C=O) groups excluding carboxylic acids is 2. The number of hydrogen-bond acceptors (Lipinski definition) is 2. The predicted octanol–water partition coefficient (Wildman–Crippen LogP) is 0.285. The van der Waals surface area contributed by atoms with Gasteiger partial charge in [0.2, 0.25) is 0 Å². The monoisotopic (exact) mass is 570 g/mol. The van der Waals surface area contributed by atoms with Crippen molar-refractivity contribution in [2.75, 3.05) is 0 Å². The van der Waals surface area contributed by atoms with Crippen LogP contribution in [0.15, 0.2) is 36.4 Å². The number of nitrogens with one attached hydrogen (secondary N) is 2. The standard InChI is InChI=1S/2C11H15NO.2FH.Hf/c2*1-3-4-9-7-8(2)5-6-10(9)11(12)13;;;/h2*5-7H,3-4H2,1-2H3,(H2,12,13);2*1H;/q;;;;+4/p-4. The van der Waals surface area contributed by atoms with E-state index < -0.39 is 11.8 Å². The van der Waals surface area contributed by atoms with Crippen molar-refractivity contribution in [2.24, 2.45) is 0 Å². The number of benzene rings is 2. The molecule has 2 N–H and O–H groups in total. The van der Waals surface area contributed by atoms with E-state index in [-0.39, 0.29) is 35.3 Å². The maximum atomic E-state index is 10.9. The molecule has 7 heteroatoms. The number of halogens is 2. The smallest absolute Gasteiger partial charge is 1.00 e. The first-order valence-electron chi connectivity index (χ1n) is 9.01. The molecule has 2 aromatic carbocycles. The second kappa shape index (κ2) is 16.0. The van der Waals surface area contributed by atoms with Gasteiger partial charge in [0.1, 0.15) is 0 Å². The number of rotatable bonds is 6. The topological polar surface area (TPSA) is 81.7 Å². The van der Waals surface area contributed by atoms with Gasteiger partial charge in [0.25, 0.3) is 0 Å². The molecule has 0 aliphatic heterocycles. The Morgan fingerprint density at radius 1 is 0.724 bits per heavy atom. The van der Waals surface area contributed by atoms with Crippen molar-refractivity contribution in [3.05, 3.63) is 81.2 Å². The van der Waals surface area contributed by atoms with E-state index in [9.17, 15) is 9.59 Å². The van der Waals surface area contributed by atoms with Crippen LogP contribution < -0.4 is 9.41 Å². The Hall–Kier alpha value is -1.89. The zero-order valence-corrected chi connectivity index (χ0v) is 21.0. The SMILES string of the molecule is CCCc1cc(C)ccc1C([NH-])=O.CCCc1cc(C)ccc1C([NH-])=O.[F-].[F-].[Hf+4]. The fraction of sp³-hybridized carbons (Fsp3) is 0.364. The van der Waals surface area contributed by atoms with Gasteiger partial charge in [0.05, 0.1) is 11.8 Å². The average Bonchev–Trinajstić information content (AvgIpc) is 2.55. The van der Waals surface area contributed by atoms with Crippen molar-refractivity contribution in [3.8, 4) is 0 Å². The molecule has 4 nitrogen and oxygen atoms in total. The van der Waals surface area contributed by atoms with E-state index in [2.05, 4.69) is 13.8 Å². The third-order valence-corrected chi connectivity index (χ3v) is 4.05. The van der Waals surface area contributed by atoms with Crippen molar-refractivity contribution in [2.45, 2.75) is 53.4 Å². The minimum absolute atomic E-state index is 0. The molecule has 2 aromatic rings. The largest absolute Gasteiger partial charge is 4.00 e. The van der Waals surface area contributed by atoms with Gasteiger partial charge in [-0.3, -0.25) is 0 Å². The maximum absolute atomic E-state index is 10.9. The summed E-state index contributed by atoms with van der Waals surface area (Å²) < 4.78 is 0. The summed E-state index contributed by atoms with van der Waals surface area (Å²) in [6.07, 6.45) is 3.76. The number of amides is 2. The van der Waals surface area contributed by atoms with E-state index in [1.807, 2.05) is 38.1 Å². The molecule has 0 saturated carbocycles. The van der Waals surface area contributed by atoms with Crippen LogP contribution in [0.2, 0.25) is 0 Å². The zero-order chi connectivity index (χ0) is 19.7. The molecule has 0 fully saturated rings. The molecule has 2 amide bonds. The minimum Gasteiger partial charge on any atom is -1.00 e. The van der Waals surface area contributed by atoms with E-state index in [0.717, 1.165) is 47.9 Å². The van der Waals surface area contributed by atoms with Crippen molar-refractivity contribution >= 4 is 11.8 Å². The molecule has 0 aliphatic carbocycles. The average molecular weight is 569 g/mol. The van der Waals surface area contributed by atoms with Crippen LogP contribution in [0.4, 0.5) is 0 Å². The molecule has 0 bridgehead atoms. The summed E-state index contributed by atoms with van der Waals surface area (Å²) >= 11 is 0. The van der Waals surface area contributed by atoms with Gasteiger partial charge in [-0.25, -0.2) is 0 Å². The molecule has 156 valence electrons. The third kappa shape index (κ3) is 10.5. The van der Waals surface area contributed by atoms with Gasteiger partial charge >= 0.3 is 25.8 Å². The van der Waals surface area contributed by atoms with Crippen molar-refractivity contribution in [3.63, 3.8) is 0 Å². The molecule has 0 atom stereocenters. The first-order chi connectivity index (χ1) is 12.3. The Labute approximate surface area is 191 Å². The van der Waals surface area contributed by atoms with Gasteiger partial charge in [-0.1, -0.05) is 74.2 Å². The van der Waals surface area contributed by atoms with E-state index in [4.69, 9.17) is 11.5 Å². The van der Waals surface area contributed by atoms with Gasteiger partial charge in [-0.05, 0) is 37.8 Å². The molecule has 2 rings (SSSR count). The summed E-state index contributed by atoms with van der Waals surface area (Å²) in [5.74, 6) is -1.16. The Kier molecular flexibility index (Phi) is 17.5. The Morgan fingerprint density at radius 2 is 1.03 bits per heavy atom. The molecule has 29 heavy (non-hydrogen) atoms. The van der Waals surface area contributed by atoms with E-state index in [0.29, 0.717) is 11.1 Å². The van der Waals surface area contributed by atoms with Crippen LogP contribution in [0.3, 0.4) is 0 Å². The fourth-order valence-corrected chi connectivity index (χ4v) is 2.84. The summed E-state index contributed by atoms with van der Waals surface area (Å²) in [4.78, 5) is 21.8. The number of carbonyl (C=O) groups is 2. The van der Waals surface area contributed by atoms with Crippen LogP contribution >= 0.6 is 0 Å².